The second kappa shape index (κ2) is 9.08. The molecule has 0 unspecified atom stereocenters. The van der Waals surface area contributed by atoms with E-state index in [2.05, 4.69) is 6.07 Å². The molecule has 0 nitrogen and oxygen atoms in total. The van der Waals surface area contributed by atoms with Gasteiger partial charge in [-0.15, -0.1) is 0 Å². The molecule has 0 fully saturated rings. The summed E-state index contributed by atoms with van der Waals surface area (Å²) in [5.74, 6) is 0. The maximum absolute atomic E-state index is 6.20. The average molecular weight is 678 g/mol. The highest BCUT2D eigenvalue weighted by molar-refractivity contribution is 6.77. The lowest BCUT2D eigenvalue weighted by molar-refractivity contribution is 0.813. The van der Waals surface area contributed by atoms with Crippen LogP contribution in [0.3, 0.4) is 0 Å². The summed E-state index contributed by atoms with van der Waals surface area (Å²) in [5, 5.41) is 0. The van der Waals surface area contributed by atoms with Crippen LogP contribution >= 0.6 is 174 Å². The summed E-state index contributed by atoms with van der Waals surface area (Å²) in [6.07, 6.45) is 0. The van der Waals surface area contributed by atoms with Crippen LogP contribution in [0.1, 0.15) is 16.7 Å². The molecular weight excluding hydrogens is 676 g/mol. The van der Waals surface area contributed by atoms with Crippen molar-refractivity contribution in [3.05, 3.63) is 34.9 Å². The van der Waals surface area contributed by atoms with Gasteiger partial charge in [-0.3, -0.25) is 0 Å². The molecular formula is C12H2Cl15. The van der Waals surface area contributed by atoms with Crippen LogP contribution in [0.4, 0.5) is 0 Å². The van der Waals surface area contributed by atoms with E-state index in [9.17, 15) is 0 Å². The van der Waals surface area contributed by atoms with E-state index < -0.39 is 24.4 Å². The SMILES string of the molecule is ClC(Cl)(Cl)C(Cl)(Cl)c1[c]c(C(Cl)(Cl)C(Cl)(Cl)Cl)cc(C(Cl)(Cl)C(Cl)(Cl)Cl)c1. The van der Waals surface area contributed by atoms with Gasteiger partial charge in [-0.1, -0.05) is 174 Å². The molecule has 0 atom stereocenters. The summed E-state index contributed by atoms with van der Waals surface area (Å²) in [6, 6.07) is 4.95. The van der Waals surface area contributed by atoms with Gasteiger partial charge in [0.1, 0.15) is 0 Å². The van der Waals surface area contributed by atoms with E-state index in [0.717, 1.165) is 12.1 Å². The third-order valence-corrected chi connectivity index (χ3v) is 10.2. The molecule has 27 heavy (non-hydrogen) atoms. The molecule has 1 aromatic carbocycles. The summed E-state index contributed by atoms with van der Waals surface area (Å²) in [5.41, 5.74) is -0.536. The molecule has 0 N–H and O–H groups in total. The maximum Gasteiger partial charge on any atom is 0.227 e. The standard InChI is InChI=1S/C12H2Cl15/c13-7(14,10(19,20)21)4-1-5(8(15,16)11(22,23)24)3-6(2-4)9(17,18)12(25,26)27/h1-2H. The van der Waals surface area contributed by atoms with Crippen LogP contribution in [-0.4, -0.2) is 11.4 Å². The monoisotopic (exact) mass is 671 g/mol. The van der Waals surface area contributed by atoms with Crippen LogP contribution in [0.2, 0.25) is 0 Å². The second-order valence-electron chi connectivity index (χ2n) is 4.91. The Hall–Kier alpha value is 3.57. The molecule has 0 saturated carbocycles. The van der Waals surface area contributed by atoms with Crippen LogP contribution in [0.5, 0.6) is 0 Å². The molecule has 15 heteroatoms. The number of halogens is 15. The fraction of sp³-hybridized carbons (Fsp3) is 0.500. The van der Waals surface area contributed by atoms with E-state index in [1.165, 1.54) is 0 Å². The van der Waals surface area contributed by atoms with Crippen molar-refractivity contribution in [1.82, 2.24) is 0 Å². The molecule has 0 aliphatic rings. The lowest BCUT2D eigenvalue weighted by Crippen LogP contribution is -2.34. The molecule has 0 bridgehead atoms. The number of rotatable bonds is 3. The summed E-state index contributed by atoms with van der Waals surface area (Å²) >= 11 is 89.6. The summed E-state index contributed by atoms with van der Waals surface area (Å²) in [6.45, 7) is 0. The Labute approximate surface area is 230 Å². The van der Waals surface area contributed by atoms with Crippen LogP contribution in [-0.2, 0) is 13.0 Å². The molecule has 0 amide bonds. The van der Waals surface area contributed by atoms with E-state index in [0.29, 0.717) is 0 Å². The lowest BCUT2D eigenvalue weighted by atomic mass is 9.99. The number of hydrogen-bond acceptors (Lipinski definition) is 0. The van der Waals surface area contributed by atoms with Gasteiger partial charge in [-0.25, -0.2) is 0 Å². The van der Waals surface area contributed by atoms with Gasteiger partial charge < -0.3 is 0 Å². The number of alkyl halides is 15. The summed E-state index contributed by atoms with van der Waals surface area (Å²) in [7, 11) is 0. The molecule has 0 aliphatic heterocycles. The van der Waals surface area contributed by atoms with Crippen LogP contribution < -0.4 is 0 Å². The predicted molar refractivity (Wildman–Crippen MR) is 126 cm³/mol. The zero-order valence-corrected chi connectivity index (χ0v) is 23.2. The van der Waals surface area contributed by atoms with Crippen molar-refractivity contribution in [3.8, 4) is 0 Å². The fourth-order valence-electron chi connectivity index (χ4n) is 1.56. The van der Waals surface area contributed by atoms with Crippen molar-refractivity contribution in [2.24, 2.45) is 0 Å². The predicted octanol–water partition coefficient (Wildman–Crippen LogP) is 10.5. The second-order valence-corrected chi connectivity index (χ2v) is 15.7. The molecule has 0 aromatic heterocycles. The maximum atomic E-state index is 6.20. The minimum atomic E-state index is -2.26. The topological polar surface area (TPSA) is 0 Å². The molecule has 1 aromatic rings. The van der Waals surface area contributed by atoms with Crippen molar-refractivity contribution < 1.29 is 0 Å². The normalized spacial score (nSPS) is 15.2. The van der Waals surface area contributed by atoms with Crippen LogP contribution in [0.15, 0.2) is 12.1 Å². The molecule has 0 heterocycles. The molecule has 0 spiro atoms. The molecule has 0 saturated heterocycles. The minimum Gasteiger partial charge on any atom is -0.0915 e. The quantitative estimate of drug-likeness (QED) is 0.279. The Morgan fingerprint density at radius 2 is 0.704 bits per heavy atom. The third-order valence-electron chi connectivity index (χ3n) is 2.98. The van der Waals surface area contributed by atoms with E-state index in [1.807, 2.05) is 0 Å². The first-order valence-corrected chi connectivity index (χ1v) is 11.7. The van der Waals surface area contributed by atoms with Gasteiger partial charge in [-0.05, 0) is 23.8 Å². The zero-order chi connectivity index (χ0) is 21.9. The van der Waals surface area contributed by atoms with Crippen molar-refractivity contribution in [2.45, 2.75) is 24.4 Å². The third kappa shape index (κ3) is 6.13. The molecule has 155 valence electrons. The van der Waals surface area contributed by atoms with Crippen molar-refractivity contribution in [1.29, 1.82) is 0 Å². The lowest BCUT2D eigenvalue weighted by Gasteiger charge is -2.34. The van der Waals surface area contributed by atoms with Crippen molar-refractivity contribution in [2.75, 3.05) is 0 Å². The van der Waals surface area contributed by atoms with Gasteiger partial charge in [0.15, 0.2) is 13.0 Å². The smallest absolute Gasteiger partial charge is 0.0915 e. The first-order valence-electron chi connectivity index (χ1n) is 5.99. The van der Waals surface area contributed by atoms with Gasteiger partial charge in [0.05, 0.1) is 0 Å². The van der Waals surface area contributed by atoms with E-state index in [-0.39, 0.29) is 16.7 Å². The van der Waals surface area contributed by atoms with Gasteiger partial charge in [0, 0.05) is 11.1 Å². The van der Waals surface area contributed by atoms with Crippen molar-refractivity contribution in [3.63, 3.8) is 0 Å². The Morgan fingerprint density at radius 3 is 0.926 bits per heavy atom. The Kier molecular flexibility index (Phi) is 9.61. The highest BCUT2D eigenvalue weighted by Crippen LogP contribution is 2.59. The van der Waals surface area contributed by atoms with E-state index >= 15 is 0 Å². The summed E-state index contributed by atoms with van der Waals surface area (Å²) < 4.78 is -13.4. The largest absolute Gasteiger partial charge is 0.227 e. The molecule has 1 radical (unpaired) electrons. The fourth-order valence-corrected chi connectivity index (χ4v) is 3.12. The Morgan fingerprint density at radius 1 is 0.444 bits per heavy atom. The van der Waals surface area contributed by atoms with Gasteiger partial charge in [0.25, 0.3) is 0 Å². The van der Waals surface area contributed by atoms with Gasteiger partial charge >= 0.3 is 0 Å². The first kappa shape index (κ1) is 28.6. The summed E-state index contributed by atoms with van der Waals surface area (Å²) in [4.78, 5) is 0. The highest BCUT2D eigenvalue weighted by atomic mass is 35.6. The zero-order valence-electron chi connectivity index (χ0n) is 11.8. The Bertz CT molecular complexity index is 581. The van der Waals surface area contributed by atoms with Crippen molar-refractivity contribution >= 4 is 174 Å². The molecule has 0 aliphatic carbocycles. The van der Waals surface area contributed by atoms with Crippen LogP contribution in [0.25, 0.3) is 0 Å². The first-order chi connectivity index (χ1) is 11.6. The minimum absolute atomic E-state index is 0.116. The van der Waals surface area contributed by atoms with Gasteiger partial charge in [-0.2, -0.15) is 0 Å². The van der Waals surface area contributed by atoms with Gasteiger partial charge in [0.2, 0.25) is 11.4 Å². The van der Waals surface area contributed by atoms with E-state index in [1.54, 1.807) is 0 Å². The highest BCUT2D eigenvalue weighted by Gasteiger charge is 2.54. The Balaban J connectivity index is 3.90. The number of hydrogen-bond donors (Lipinski definition) is 0. The average Bonchev–Trinajstić information content (AvgIpc) is 2.43. The molecule has 1 rings (SSSR count). The van der Waals surface area contributed by atoms with Crippen LogP contribution in [0, 0.1) is 6.07 Å². The van der Waals surface area contributed by atoms with E-state index in [4.69, 9.17) is 174 Å². The number of benzene rings is 1.